The zero-order chi connectivity index (χ0) is 30.6. The number of fused-ring (bicyclic) bond motifs is 1. The minimum absolute atomic E-state index is 0.0266. The summed E-state index contributed by atoms with van der Waals surface area (Å²) in [5, 5.41) is 10.6. The fourth-order valence-corrected chi connectivity index (χ4v) is 7.72. The van der Waals surface area contributed by atoms with Crippen LogP contribution in [0.2, 0.25) is 0 Å². The van der Waals surface area contributed by atoms with Gasteiger partial charge in [-0.25, -0.2) is 13.2 Å². The van der Waals surface area contributed by atoms with Crippen LogP contribution < -0.4 is 5.63 Å². The molecular formula is C31H38N4O7S. The van der Waals surface area contributed by atoms with Gasteiger partial charge in [-0.05, 0) is 49.9 Å². The average Bonchev–Trinajstić information content (AvgIpc) is 3.03. The van der Waals surface area contributed by atoms with Crippen molar-refractivity contribution in [2.75, 3.05) is 32.8 Å². The van der Waals surface area contributed by atoms with Crippen molar-refractivity contribution in [1.82, 2.24) is 19.1 Å². The van der Waals surface area contributed by atoms with Crippen molar-refractivity contribution in [3.8, 4) is 0 Å². The molecule has 2 aromatic heterocycles. The Kier molecular flexibility index (Phi) is 9.58. The summed E-state index contributed by atoms with van der Waals surface area (Å²) in [5.41, 5.74) is -0.626. The number of amides is 2. The van der Waals surface area contributed by atoms with E-state index in [1.165, 1.54) is 28.1 Å². The lowest BCUT2D eigenvalue weighted by Crippen LogP contribution is -2.63. The van der Waals surface area contributed by atoms with Gasteiger partial charge in [-0.1, -0.05) is 38.0 Å². The molecule has 0 aliphatic carbocycles. The number of unbranched alkanes of at least 4 members (excludes halogenated alkanes) is 2. The maximum Gasteiger partial charge on any atom is 0.348 e. The maximum absolute atomic E-state index is 14.2. The topological polar surface area (TPSA) is 141 Å². The molecule has 5 rings (SSSR count). The number of para-hydroxylation sites is 1. The van der Waals surface area contributed by atoms with E-state index in [-0.39, 0.29) is 42.2 Å². The number of aromatic nitrogens is 1. The molecule has 230 valence electrons. The molecule has 0 bridgehead atoms. The number of piperidine rings is 1. The van der Waals surface area contributed by atoms with Gasteiger partial charge in [0.1, 0.15) is 22.3 Å². The van der Waals surface area contributed by atoms with Crippen LogP contribution >= 0.6 is 0 Å². The van der Waals surface area contributed by atoms with Crippen molar-refractivity contribution in [3.05, 3.63) is 70.4 Å². The Balaban J connectivity index is 1.47. The van der Waals surface area contributed by atoms with Crippen LogP contribution in [0.3, 0.4) is 0 Å². The highest BCUT2D eigenvalue weighted by atomic mass is 32.2. The summed E-state index contributed by atoms with van der Waals surface area (Å²) in [6.07, 6.45) is 7.16. The lowest BCUT2D eigenvalue weighted by molar-refractivity contribution is -0.141. The maximum atomic E-state index is 14.2. The Labute approximate surface area is 251 Å². The summed E-state index contributed by atoms with van der Waals surface area (Å²) in [5.74, 6) is -0.595. The van der Waals surface area contributed by atoms with Gasteiger partial charge in [-0.2, -0.15) is 4.31 Å². The van der Waals surface area contributed by atoms with Crippen molar-refractivity contribution >= 4 is 32.7 Å². The quantitative estimate of drug-likeness (QED) is 0.365. The van der Waals surface area contributed by atoms with Crippen molar-refractivity contribution in [1.29, 1.82) is 0 Å². The zero-order valence-electron chi connectivity index (χ0n) is 24.4. The van der Waals surface area contributed by atoms with E-state index in [4.69, 9.17) is 4.42 Å². The second kappa shape index (κ2) is 13.4. The van der Waals surface area contributed by atoms with Crippen LogP contribution in [0.5, 0.6) is 0 Å². The predicted molar refractivity (Wildman–Crippen MR) is 160 cm³/mol. The predicted octanol–water partition coefficient (Wildman–Crippen LogP) is 2.81. The van der Waals surface area contributed by atoms with Gasteiger partial charge in [0.15, 0.2) is 0 Å². The summed E-state index contributed by atoms with van der Waals surface area (Å²) in [7, 11) is -4.24. The number of carbonyl (C=O) groups excluding carboxylic acids is 2. The largest absolute Gasteiger partial charge is 0.427 e. The Hall–Kier alpha value is -3.61. The first-order valence-electron chi connectivity index (χ1n) is 15.0. The molecule has 1 N–H and O–H groups in total. The number of sulfonamides is 1. The number of piperazine rings is 1. The van der Waals surface area contributed by atoms with Gasteiger partial charge in [-0.3, -0.25) is 14.6 Å². The van der Waals surface area contributed by atoms with Gasteiger partial charge in [0.05, 0.1) is 18.2 Å². The number of hydrogen-bond donors (Lipinski definition) is 1. The minimum Gasteiger partial charge on any atom is -0.427 e. The van der Waals surface area contributed by atoms with Gasteiger partial charge in [0.25, 0.3) is 5.91 Å². The fraction of sp³-hybridized carbons (Fsp3) is 0.484. The van der Waals surface area contributed by atoms with E-state index in [0.29, 0.717) is 30.5 Å². The number of aliphatic hydroxyl groups is 1. The first-order chi connectivity index (χ1) is 20.8. The van der Waals surface area contributed by atoms with Crippen molar-refractivity contribution in [2.24, 2.45) is 0 Å². The number of hydrogen-bond acceptors (Lipinski definition) is 8. The van der Waals surface area contributed by atoms with Crippen molar-refractivity contribution < 1.29 is 27.5 Å². The second-order valence-electron chi connectivity index (χ2n) is 11.1. The molecule has 2 aliphatic heterocycles. The van der Waals surface area contributed by atoms with E-state index >= 15 is 0 Å². The summed E-state index contributed by atoms with van der Waals surface area (Å²) in [4.78, 5) is 47.6. The molecule has 4 heterocycles. The molecule has 11 nitrogen and oxygen atoms in total. The summed E-state index contributed by atoms with van der Waals surface area (Å²) < 4.78 is 35.0. The van der Waals surface area contributed by atoms with Crippen LogP contribution in [0.15, 0.2) is 62.8 Å². The minimum atomic E-state index is -4.24. The third kappa shape index (κ3) is 6.36. The molecule has 12 heteroatoms. The third-order valence-electron chi connectivity index (χ3n) is 8.34. The molecule has 2 atom stereocenters. The number of benzene rings is 1. The molecule has 0 saturated carbocycles. The van der Waals surface area contributed by atoms with Crippen LogP contribution in [0, 0.1) is 0 Å². The molecule has 2 saturated heterocycles. The van der Waals surface area contributed by atoms with E-state index in [1.807, 2.05) is 0 Å². The molecule has 2 fully saturated rings. The Morgan fingerprint density at radius 2 is 1.86 bits per heavy atom. The molecule has 43 heavy (non-hydrogen) atoms. The Morgan fingerprint density at radius 1 is 1.05 bits per heavy atom. The van der Waals surface area contributed by atoms with Crippen LogP contribution in [-0.2, 0) is 21.2 Å². The summed E-state index contributed by atoms with van der Waals surface area (Å²) in [6.45, 7) is 1.78. The lowest BCUT2D eigenvalue weighted by Gasteiger charge is -2.43. The number of aliphatic hydroxyl groups excluding tert-OH is 1. The number of nitrogens with zero attached hydrogens (tertiary/aromatic N) is 4. The molecule has 1 aromatic carbocycles. The molecule has 2 aliphatic rings. The first kappa shape index (κ1) is 30.8. The van der Waals surface area contributed by atoms with Gasteiger partial charge >= 0.3 is 5.63 Å². The SMILES string of the molecule is CCCCCc1ccc(C(=O)N2CCN(S(=O)(=O)c3cccc4cccnc34)C(C(=O)N3CCCCC3CO)C2)c(=O)o1. The van der Waals surface area contributed by atoms with E-state index in [2.05, 4.69) is 11.9 Å². The van der Waals surface area contributed by atoms with E-state index in [1.54, 1.807) is 30.3 Å². The van der Waals surface area contributed by atoms with Crippen LogP contribution in [0.25, 0.3) is 10.9 Å². The molecule has 0 radical (unpaired) electrons. The average molecular weight is 611 g/mol. The number of rotatable bonds is 9. The Morgan fingerprint density at radius 3 is 2.63 bits per heavy atom. The Bertz CT molecular complexity index is 1640. The van der Waals surface area contributed by atoms with Gasteiger partial charge < -0.3 is 19.3 Å². The van der Waals surface area contributed by atoms with Gasteiger partial charge in [-0.15, -0.1) is 0 Å². The van der Waals surface area contributed by atoms with Crippen molar-refractivity contribution in [2.45, 2.75) is 68.8 Å². The highest BCUT2D eigenvalue weighted by Gasteiger charge is 2.45. The van der Waals surface area contributed by atoms with E-state index < -0.39 is 39.5 Å². The smallest absolute Gasteiger partial charge is 0.348 e. The lowest BCUT2D eigenvalue weighted by atomic mass is 10.0. The molecule has 2 unspecified atom stereocenters. The van der Waals surface area contributed by atoms with E-state index in [9.17, 15) is 27.9 Å². The highest BCUT2D eigenvalue weighted by Crippen LogP contribution is 2.29. The molecule has 0 spiro atoms. The second-order valence-corrected chi connectivity index (χ2v) is 13.0. The summed E-state index contributed by atoms with van der Waals surface area (Å²) >= 11 is 0. The number of pyridine rings is 1. The number of carbonyl (C=O) groups is 2. The van der Waals surface area contributed by atoms with Gasteiger partial charge in [0, 0.05) is 44.2 Å². The third-order valence-corrected chi connectivity index (χ3v) is 10.3. The zero-order valence-corrected chi connectivity index (χ0v) is 25.2. The number of likely N-dealkylation sites (tertiary alicyclic amines) is 1. The normalized spacial score (nSPS) is 20.0. The van der Waals surface area contributed by atoms with Crippen LogP contribution in [0.4, 0.5) is 0 Å². The standard InChI is InChI=1S/C31H38N4O7S/c1-2-3-4-12-24-14-15-25(31(39)42-24)29(37)33-18-19-35(26(20-33)30(38)34-17-6-5-11-23(34)21-36)43(40,41)27-13-7-9-22-10-8-16-32-28(22)27/h7-10,13-16,23,26,36H,2-6,11-12,17-21H2,1H3. The fourth-order valence-electron chi connectivity index (χ4n) is 5.99. The summed E-state index contributed by atoms with van der Waals surface area (Å²) in [6, 6.07) is 9.72. The van der Waals surface area contributed by atoms with Crippen molar-refractivity contribution in [3.63, 3.8) is 0 Å². The van der Waals surface area contributed by atoms with Gasteiger partial charge in [0.2, 0.25) is 15.9 Å². The van der Waals surface area contributed by atoms with E-state index in [0.717, 1.165) is 36.4 Å². The molecule has 2 amide bonds. The monoisotopic (exact) mass is 610 g/mol. The van der Waals surface area contributed by atoms with Crippen LogP contribution in [-0.4, -0.2) is 89.3 Å². The first-order valence-corrected chi connectivity index (χ1v) is 16.4. The molecule has 3 aromatic rings. The van der Waals surface area contributed by atoms with Crippen LogP contribution in [0.1, 0.15) is 61.6 Å². The number of aryl methyl sites for hydroxylation is 1. The molecular weight excluding hydrogens is 572 g/mol. The highest BCUT2D eigenvalue weighted by molar-refractivity contribution is 7.89.